The lowest BCUT2D eigenvalue weighted by molar-refractivity contribution is -0.131. The van der Waals surface area contributed by atoms with Crippen molar-refractivity contribution < 1.29 is 13.8 Å². The lowest BCUT2D eigenvalue weighted by Crippen LogP contribution is -2.16. The maximum atomic E-state index is 12.7. The number of carbonyl (C=O) groups excluding carboxylic acids is 2. The zero-order valence-electron chi connectivity index (χ0n) is 15.3. The smallest absolute Gasteiger partial charge is 0.239 e. The number of rotatable bonds is 5. The van der Waals surface area contributed by atoms with Crippen LogP contribution in [0.4, 0.5) is 0 Å². The van der Waals surface area contributed by atoms with Gasteiger partial charge >= 0.3 is 0 Å². The van der Waals surface area contributed by atoms with E-state index in [1.54, 1.807) is 16.1 Å². The minimum atomic E-state index is -1.27. The fourth-order valence-corrected chi connectivity index (χ4v) is 4.63. The fraction of sp³-hybridized carbons (Fsp3) is 0.238. The van der Waals surface area contributed by atoms with Crippen LogP contribution in [-0.4, -0.2) is 23.9 Å². The summed E-state index contributed by atoms with van der Waals surface area (Å²) in [4.78, 5) is 21.6. The van der Waals surface area contributed by atoms with Gasteiger partial charge in [-0.05, 0) is 36.8 Å². The molecule has 1 unspecified atom stereocenters. The Morgan fingerprint density at radius 1 is 1.24 bits per heavy atom. The molecule has 2 amide bonds. The highest BCUT2D eigenvalue weighted by atomic mass is 79.9. The van der Waals surface area contributed by atoms with Crippen molar-refractivity contribution in [2.24, 2.45) is 0 Å². The van der Waals surface area contributed by atoms with Crippen molar-refractivity contribution in [3.8, 4) is 0 Å². The molecule has 3 rings (SSSR count). The molecule has 1 aromatic carbocycles. The molecule has 1 aromatic heterocycles. The molecule has 0 saturated carbocycles. The Hall–Kier alpha value is -1.77. The van der Waals surface area contributed by atoms with Crippen LogP contribution in [-0.2, 0) is 25.9 Å². The molecule has 8 heteroatoms. The second kappa shape index (κ2) is 12.0. The second-order valence-corrected chi connectivity index (χ2v) is 8.38. The van der Waals surface area contributed by atoms with Gasteiger partial charge in [-0.25, -0.2) is 8.13 Å². The number of alkyl halides is 1. The predicted octanol–water partition coefficient (Wildman–Crippen LogP) is 5.78. The van der Waals surface area contributed by atoms with E-state index in [-0.39, 0.29) is 19.2 Å². The number of nitrogens with zero attached hydrogens (tertiary/aromatic N) is 2. The Labute approximate surface area is 191 Å². The number of fused-ring (bicyclic) bond motifs is 1. The van der Waals surface area contributed by atoms with E-state index in [1.165, 1.54) is 5.56 Å². The molecule has 0 bridgehead atoms. The molecule has 1 aliphatic rings. The Balaban J connectivity index is 0.000000394. The molecular weight excluding hydrogens is 520 g/mol. The van der Waals surface area contributed by atoms with Crippen LogP contribution in [0.25, 0.3) is 10.9 Å². The summed E-state index contributed by atoms with van der Waals surface area (Å²) in [6, 6.07) is 8.04. The zero-order valence-corrected chi connectivity index (χ0v) is 19.3. The van der Waals surface area contributed by atoms with E-state index in [4.69, 9.17) is 0 Å². The summed E-state index contributed by atoms with van der Waals surface area (Å²) in [7, 11) is -1.27. The third kappa shape index (κ3) is 6.10. The van der Waals surface area contributed by atoms with Crippen LogP contribution in [0.1, 0.15) is 32.8 Å². The Kier molecular flexibility index (Phi) is 10.5. The number of aromatic nitrogens is 1. The lowest BCUT2D eigenvalue weighted by Gasteiger charge is -2.06. The third-order valence-electron chi connectivity index (χ3n) is 3.92. The van der Waals surface area contributed by atoms with Gasteiger partial charge in [-0.3, -0.25) is 13.6 Å². The van der Waals surface area contributed by atoms with E-state index in [9.17, 15) is 13.8 Å². The molecule has 0 radical (unpaired) electrons. The molecule has 0 N–H and O–H groups in total. The normalized spacial score (nSPS) is 15.3. The topological polar surface area (TPSA) is 59.4 Å². The van der Waals surface area contributed by atoms with Gasteiger partial charge in [0.15, 0.2) is 11.0 Å². The summed E-state index contributed by atoms with van der Waals surface area (Å²) in [5, 5.41) is 1.90. The summed E-state index contributed by atoms with van der Waals surface area (Å²) in [5.74, 6) is -0.287. The number of halogens is 2. The predicted molar refractivity (Wildman–Crippen MR) is 128 cm³/mol. The number of imide groups is 1. The van der Waals surface area contributed by atoms with Gasteiger partial charge in [0.05, 0.1) is 26.6 Å². The van der Waals surface area contributed by atoms with Crippen molar-refractivity contribution in [3.05, 3.63) is 71.8 Å². The number of hydrogen-bond acceptors (Lipinski definition) is 3. The minimum absolute atomic E-state index is 0. The Morgan fingerprint density at radius 3 is 2.38 bits per heavy atom. The number of allylic oxidation sites excluding steroid dienone is 4. The molecule has 2 heterocycles. The molecular formula is C21H24Br2N2O3S. The van der Waals surface area contributed by atoms with Crippen LogP contribution in [0.2, 0.25) is 0 Å². The maximum absolute atomic E-state index is 12.7. The molecule has 0 spiro atoms. The number of hydrogen-bond donors (Lipinski definition) is 0. The van der Waals surface area contributed by atoms with Crippen LogP contribution in [0, 0.1) is 0 Å². The summed E-state index contributed by atoms with van der Waals surface area (Å²) in [6.45, 7) is 5.58. The SMILES string of the molecule is C.C=C/C=C(\C=C/C)S(=O)n1ccc2c(CBr)cccc21.O=C1CCC(=O)N1Br. The molecule has 156 valence electrons. The summed E-state index contributed by atoms with van der Waals surface area (Å²) >= 11 is 6.29. The molecule has 29 heavy (non-hydrogen) atoms. The maximum Gasteiger partial charge on any atom is 0.239 e. The largest absolute Gasteiger partial charge is 0.274 e. The minimum Gasteiger partial charge on any atom is -0.274 e. The van der Waals surface area contributed by atoms with E-state index in [2.05, 4.69) is 44.7 Å². The molecule has 1 aliphatic heterocycles. The molecule has 0 aliphatic carbocycles. The second-order valence-electron chi connectivity index (χ2n) is 5.75. The van der Waals surface area contributed by atoms with Crippen LogP contribution >= 0.6 is 32.1 Å². The van der Waals surface area contributed by atoms with Crippen molar-refractivity contribution >= 4 is 65.8 Å². The van der Waals surface area contributed by atoms with Crippen molar-refractivity contribution in [2.45, 2.75) is 32.5 Å². The highest BCUT2D eigenvalue weighted by Crippen LogP contribution is 2.24. The van der Waals surface area contributed by atoms with Gasteiger partial charge in [-0.2, -0.15) is 0 Å². The summed E-state index contributed by atoms with van der Waals surface area (Å²) in [6.07, 6.45) is 9.72. The van der Waals surface area contributed by atoms with Crippen molar-refractivity contribution in [3.63, 3.8) is 0 Å². The number of benzene rings is 1. The molecule has 1 fully saturated rings. The van der Waals surface area contributed by atoms with Crippen molar-refractivity contribution in [2.75, 3.05) is 0 Å². The van der Waals surface area contributed by atoms with Crippen LogP contribution in [0.3, 0.4) is 0 Å². The lowest BCUT2D eigenvalue weighted by atomic mass is 10.1. The van der Waals surface area contributed by atoms with Crippen LogP contribution in [0.15, 0.2) is 66.3 Å². The first-order valence-electron chi connectivity index (χ1n) is 8.48. The summed E-state index contributed by atoms with van der Waals surface area (Å²) < 4.78 is 15.5. The highest BCUT2D eigenvalue weighted by Gasteiger charge is 2.26. The molecule has 5 nitrogen and oxygen atoms in total. The average molecular weight is 544 g/mol. The van der Waals surface area contributed by atoms with Gasteiger partial charge in [0.25, 0.3) is 0 Å². The van der Waals surface area contributed by atoms with E-state index in [0.29, 0.717) is 12.8 Å². The molecule has 1 saturated heterocycles. The van der Waals surface area contributed by atoms with Crippen LogP contribution in [0.5, 0.6) is 0 Å². The first-order valence-corrected chi connectivity index (χ1v) is 11.4. The van der Waals surface area contributed by atoms with Crippen molar-refractivity contribution in [1.29, 1.82) is 0 Å². The zero-order chi connectivity index (χ0) is 20.7. The third-order valence-corrected chi connectivity index (χ3v) is 6.66. The highest BCUT2D eigenvalue weighted by molar-refractivity contribution is 9.08. The monoisotopic (exact) mass is 542 g/mol. The van der Waals surface area contributed by atoms with Crippen LogP contribution < -0.4 is 0 Å². The fourth-order valence-electron chi connectivity index (χ4n) is 2.58. The van der Waals surface area contributed by atoms with E-state index < -0.39 is 11.0 Å². The Morgan fingerprint density at radius 2 is 1.90 bits per heavy atom. The first-order chi connectivity index (χ1) is 13.4. The van der Waals surface area contributed by atoms with Gasteiger partial charge in [0.1, 0.15) is 0 Å². The van der Waals surface area contributed by atoms with Gasteiger partial charge in [0, 0.05) is 29.8 Å². The van der Waals surface area contributed by atoms with E-state index in [0.717, 1.165) is 25.1 Å². The van der Waals surface area contributed by atoms with Gasteiger partial charge < -0.3 is 0 Å². The van der Waals surface area contributed by atoms with E-state index >= 15 is 0 Å². The average Bonchev–Trinajstić information content (AvgIpc) is 3.26. The number of carbonyl (C=O) groups is 2. The first kappa shape index (κ1) is 25.3. The Bertz CT molecular complexity index is 963. The van der Waals surface area contributed by atoms with Gasteiger partial charge in [-0.1, -0.05) is 54.2 Å². The number of amides is 2. The van der Waals surface area contributed by atoms with E-state index in [1.807, 2.05) is 43.5 Å². The molecule has 2 aromatic rings. The van der Waals surface area contributed by atoms with Gasteiger partial charge in [-0.15, -0.1) is 0 Å². The van der Waals surface area contributed by atoms with Gasteiger partial charge in [0.2, 0.25) is 11.8 Å². The molecule has 1 atom stereocenters. The van der Waals surface area contributed by atoms with Crippen molar-refractivity contribution in [1.82, 2.24) is 7.90 Å². The quantitative estimate of drug-likeness (QED) is 0.208. The summed E-state index contributed by atoms with van der Waals surface area (Å²) in [5.41, 5.74) is 2.17. The standard InChI is InChI=1S/C16H16BrNOS.C4H4BrNO2.CH4/c1-3-6-14(7-4-2)20(19)18-11-10-15-13(12-17)8-5-9-16(15)18;5-6-3(7)1-2-4(6)8;/h3-11H,1,12H2,2H3;1-2H2;1H4/b7-4-,14-6+;;.